The highest BCUT2D eigenvalue weighted by Crippen LogP contribution is 2.31. The van der Waals surface area contributed by atoms with Gasteiger partial charge in [0, 0.05) is 32.6 Å². The lowest BCUT2D eigenvalue weighted by atomic mass is 9.81. The van der Waals surface area contributed by atoms with Gasteiger partial charge in [0.15, 0.2) is 0 Å². The van der Waals surface area contributed by atoms with Crippen molar-refractivity contribution in [3.8, 4) is 0 Å². The van der Waals surface area contributed by atoms with Gasteiger partial charge < -0.3 is 15.5 Å². The van der Waals surface area contributed by atoms with Gasteiger partial charge in [-0.3, -0.25) is 9.59 Å². The summed E-state index contributed by atoms with van der Waals surface area (Å²) < 4.78 is 0. The molecule has 0 saturated carbocycles. The van der Waals surface area contributed by atoms with Crippen LogP contribution in [0.15, 0.2) is 0 Å². The van der Waals surface area contributed by atoms with Crippen LogP contribution in [-0.2, 0) is 9.59 Å². The lowest BCUT2D eigenvalue weighted by molar-refractivity contribution is -0.133. The molecule has 2 N–H and O–H groups in total. The Morgan fingerprint density at radius 1 is 1.24 bits per heavy atom. The minimum atomic E-state index is -0.247. The van der Waals surface area contributed by atoms with Gasteiger partial charge >= 0.3 is 0 Å². The van der Waals surface area contributed by atoms with Gasteiger partial charge in [0.1, 0.15) is 0 Å². The summed E-state index contributed by atoms with van der Waals surface area (Å²) in [6, 6.07) is 0. The molecule has 0 aromatic heterocycles. The number of hydrogen-bond acceptors (Lipinski definition) is 3. The second-order valence-electron chi connectivity index (χ2n) is 6.40. The van der Waals surface area contributed by atoms with Crippen LogP contribution < -0.4 is 10.6 Å². The maximum atomic E-state index is 12.4. The number of hydrogen-bond donors (Lipinski definition) is 2. The van der Waals surface area contributed by atoms with Crippen LogP contribution in [0.4, 0.5) is 0 Å². The van der Waals surface area contributed by atoms with Crippen LogP contribution in [0.3, 0.4) is 0 Å². The number of carbonyl (C=O) groups is 2. The smallest absolute Gasteiger partial charge is 0.227 e. The normalized spacial score (nSPS) is 25.9. The summed E-state index contributed by atoms with van der Waals surface area (Å²) in [5.74, 6) is 0.310. The molecule has 0 bridgehead atoms. The zero-order chi connectivity index (χ0) is 15.1. The molecule has 0 aromatic rings. The fourth-order valence-electron chi connectivity index (χ4n) is 3.51. The monoisotopic (exact) mass is 295 g/mol. The molecule has 2 rings (SSSR count). The first-order chi connectivity index (χ1) is 10.2. The van der Waals surface area contributed by atoms with Crippen molar-refractivity contribution in [3.05, 3.63) is 0 Å². The summed E-state index contributed by atoms with van der Waals surface area (Å²) >= 11 is 0. The maximum absolute atomic E-state index is 12.4. The molecule has 1 unspecified atom stereocenters. The molecule has 5 nitrogen and oxygen atoms in total. The summed E-state index contributed by atoms with van der Waals surface area (Å²) in [6.07, 6.45) is 6.74. The third kappa shape index (κ3) is 4.19. The van der Waals surface area contributed by atoms with Crippen LogP contribution in [0.25, 0.3) is 0 Å². The molecule has 2 aliphatic rings. The fraction of sp³-hybridized carbons (Fsp3) is 0.875. The molecule has 0 spiro atoms. The number of carbonyl (C=O) groups excluding carboxylic acids is 2. The molecule has 2 amide bonds. The van der Waals surface area contributed by atoms with Crippen molar-refractivity contribution < 1.29 is 9.59 Å². The Labute approximate surface area is 127 Å². The first-order valence-electron chi connectivity index (χ1n) is 8.45. The lowest BCUT2D eigenvalue weighted by Gasteiger charge is -2.28. The highest BCUT2D eigenvalue weighted by Gasteiger charge is 2.39. The van der Waals surface area contributed by atoms with E-state index >= 15 is 0 Å². The van der Waals surface area contributed by atoms with Gasteiger partial charge in [0.05, 0.1) is 5.41 Å². The minimum absolute atomic E-state index is 0.126. The van der Waals surface area contributed by atoms with E-state index < -0.39 is 0 Å². The van der Waals surface area contributed by atoms with Crippen LogP contribution in [0.1, 0.15) is 51.9 Å². The molecule has 0 radical (unpaired) electrons. The molecule has 2 aliphatic heterocycles. The van der Waals surface area contributed by atoms with Crippen molar-refractivity contribution in [3.63, 3.8) is 0 Å². The number of amides is 2. The average molecular weight is 295 g/mol. The van der Waals surface area contributed by atoms with Gasteiger partial charge in [-0.1, -0.05) is 13.3 Å². The van der Waals surface area contributed by atoms with Crippen molar-refractivity contribution in [1.82, 2.24) is 15.5 Å². The first-order valence-corrected chi connectivity index (χ1v) is 8.45. The van der Waals surface area contributed by atoms with Crippen molar-refractivity contribution in [1.29, 1.82) is 0 Å². The highest BCUT2D eigenvalue weighted by atomic mass is 16.2. The van der Waals surface area contributed by atoms with E-state index in [4.69, 9.17) is 0 Å². The van der Waals surface area contributed by atoms with Crippen LogP contribution in [0.5, 0.6) is 0 Å². The quantitative estimate of drug-likeness (QED) is 0.776. The number of nitrogens with one attached hydrogen (secondary N) is 2. The fourth-order valence-corrected chi connectivity index (χ4v) is 3.51. The van der Waals surface area contributed by atoms with Crippen molar-refractivity contribution >= 4 is 11.8 Å². The summed E-state index contributed by atoms with van der Waals surface area (Å²) in [4.78, 5) is 26.4. The van der Waals surface area contributed by atoms with Crippen molar-refractivity contribution in [2.45, 2.75) is 51.9 Å². The second-order valence-corrected chi connectivity index (χ2v) is 6.40. The highest BCUT2D eigenvalue weighted by molar-refractivity contribution is 5.84. The van der Waals surface area contributed by atoms with E-state index in [9.17, 15) is 9.59 Å². The van der Waals surface area contributed by atoms with Gasteiger partial charge in [0.2, 0.25) is 11.8 Å². The summed E-state index contributed by atoms with van der Waals surface area (Å²) in [5.41, 5.74) is -0.247. The predicted octanol–water partition coefficient (Wildman–Crippen LogP) is 1.29. The maximum Gasteiger partial charge on any atom is 0.227 e. The molecule has 2 saturated heterocycles. The van der Waals surface area contributed by atoms with Gasteiger partial charge in [-0.15, -0.1) is 0 Å². The molecular formula is C16H29N3O2. The van der Waals surface area contributed by atoms with Crippen molar-refractivity contribution in [2.24, 2.45) is 5.41 Å². The third-order valence-corrected chi connectivity index (χ3v) is 4.79. The Morgan fingerprint density at radius 3 is 2.62 bits per heavy atom. The predicted molar refractivity (Wildman–Crippen MR) is 82.9 cm³/mol. The van der Waals surface area contributed by atoms with E-state index in [1.807, 2.05) is 4.90 Å². The molecular weight excluding hydrogens is 266 g/mol. The van der Waals surface area contributed by atoms with E-state index in [2.05, 4.69) is 17.6 Å². The molecule has 1 atom stereocenters. The van der Waals surface area contributed by atoms with Gasteiger partial charge in [-0.25, -0.2) is 0 Å². The van der Waals surface area contributed by atoms with Crippen molar-refractivity contribution in [2.75, 3.05) is 32.7 Å². The average Bonchev–Trinajstić information content (AvgIpc) is 2.98. The number of nitrogens with zero attached hydrogens (tertiary/aromatic N) is 1. The molecule has 0 aromatic carbocycles. The number of rotatable bonds is 6. The number of likely N-dealkylation sites (tertiary alicyclic amines) is 1. The molecule has 2 heterocycles. The summed E-state index contributed by atoms with van der Waals surface area (Å²) in [7, 11) is 0. The van der Waals surface area contributed by atoms with Crippen LogP contribution in [-0.4, -0.2) is 49.4 Å². The van der Waals surface area contributed by atoms with Crippen LogP contribution in [0.2, 0.25) is 0 Å². The summed E-state index contributed by atoms with van der Waals surface area (Å²) in [5, 5.41) is 6.29. The largest absolute Gasteiger partial charge is 0.355 e. The number of piperidine rings is 1. The molecule has 21 heavy (non-hydrogen) atoms. The van der Waals surface area contributed by atoms with Gasteiger partial charge in [-0.2, -0.15) is 0 Å². The summed E-state index contributed by atoms with van der Waals surface area (Å²) in [6.45, 7) is 6.05. The van der Waals surface area contributed by atoms with Gasteiger partial charge in [0.25, 0.3) is 0 Å². The SMILES string of the molecule is CCCC1(C(=O)NCCC(=O)N2CCCCC2)CCNC1. The Morgan fingerprint density at radius 2 is 2.00 bits per heavy atom. The Balaban J connectivity index is 1.74. The zero-order valence-electron chi connectivity index (χ0n) is 13.2. The first kappa shape index (κ1) is 16.3. The second kappa shape index (κ2) is 7.78. The molecule has 2 fully saturated rings. The van der Waals surface area contributed by atoms with Gasteiger partial charge in [-0.05, 0) is 38.6 Å². The molecule has 0 aliphatic carbocycles. The molecule has 5 heteroatoms. The molecule has 120 valence electrons. The Bertz CT molecular complexity index is 359. The van der Waals surface area contributed by atoms with E-state index in [1.54, 1.807) is 0 Å². The van der Waals surface area contributed by atoms with E-state index in [1.165, 1.54) is 6.42 Å². The topological polar surface area (TPSA) is 61.4 Å². The Kier molecular flexibility index (Phi) is 6.03. The van der Waals surface area contributed by atoms with E-state index in [0.29, 0.717) is 13.0 Å². The van der Waals surface area contributed by atoms with E-state index in [0.717, 1.165) is 58.3 Å². The van der Waals surface area contributed by atoms with E-state index in [-0.39, 0.29) is 17.2 Å². The van der Waals surface area contributed by atoms with Crippen LogP contribution in [0, 0.1) is 5.41 Å². The lowest BCUT2D eigenvalue weighted by Crippen LogP contribution is -2.44. The zero-order valence-corrected chi connectivity index (χ0v) is 13.2. The minimum Gasteiger partial charge on any atom is -0.355 e. The van der Waals surface area contributed by atoms with Crippen LogP contribution >= 0.6 is 0 Å². The standard InChI is InChI=1S/C16H29N3O2/c1-2-7-16(8-10-17-13-16)15(21)18-9-6-14(20)19-11-4-3-5-12-19/h17H,2-13H2,1H3,(H,18,21). The Hall–Kier alpha value is -1.10. The third-order valence-electron chi connectivity index (χ3n) is 4.79.